The van der Waals surface area contributed by atoms with Gasteiger partial charge in [0.1, 0.15) is 23.6 Å². The Bertz CT molecular complexity index is 2560. The number of fused-ring (bicyclic) bond motifs is 2. The first-order chi connectivity index (χ1) is 28.4. The van der Waals surface area contributed by atoms with Gasteiger partial charge in [-0.2, -0.15) is 12.6 Å². The Labute approximate surface area is 363 Å². The van der Waals surface area contributed by atoms with Crippen molar-refractivity contribution in [3.63, 3.8) is 0 Å². The number of halogens is 1. The molecule has 0 aliphatic carbocycles. The number of nitrogens with one attached hydrogen (secondary N) is 1. The maximum absolute atomic E-state index is 12.9. The number of hydrogen-bond donors (Lipinski definition) is 4. The van der Waals surface area contributed by atoms with Gasteiger partial charge in [0.05, 0.1) is 34.7 Å². The number of carbonyl (C=O) groups is 8. The molecule has 2 aromatic heterocycles. The third-order valence-corrected chi connectivity index (χ3v) is 9.61. The molecule has 0 bridgehead atoms. The molecule has 8 amide bonds. The number of hydrogen-bond acceptors (Lipinski definition) is 17. The fourth-order valence-electron chi connectivity index (χ4n) is 6.54. The molecule has 60 heavy (non-hydrogen) atoms. The number of rotatable bonds is 5. The second-order valence-corrected chi connectivity index (χ2v) is 13.1. The minimum Gasteiger partial charge on any atom is -1.00 e. The second-order valence-electron chi connectivity index (χ2n) is 12.8. The van der Waals surface area contributed by atoms with Gasteiger partial charge < -0.3 is 30.6 Å². The Morgan fingerprint density at radius 3 is 1.63 bits per heavy atom. The van der Waals surface area contributed by atoms with E-state index in [4.69, 9.17) is 33.3 Å². The van der Waals surface area contributed by atoms with Gasteiger partial charge in [0.2, 0.25) is 17.7 Å². The predicted octanol–water partition coefficient (Wildman–Crippen LogP) is -0.950. The van der Waals surface area contributed by atoms with Crippen LogP contribution in [0.1, 0.15) is 93.0 Å². The van der Waals surface area contributed by atoms with Crippen molar-refractivity contribution < 1.29 is 77.7 Å². The second kappa shape index (κ2) is 19.3. The SMILES string of the molecule is Cc1oc(=O)oc1CCl.Cc1oc(=O)oc1CN1C(=O)CCC(N2C(=O)c3cccc(N)c3C2=O)C1=O.Nc1cccc2c1C(=O)N(C1CCC(=O)NC1=O)C2=O.[2H]CS.[H-].[Li+]. The van der Waals surface area contributed by atoms with Crippen molar-refractivity contribution in [1.82, 2.24) is 20.0 Å². The van der Waals surface area contributed by atoms with Crippen LogP contribution in [0.15, 0.2) is 63.7 Å². The number of carbonyl (C=O) groups excluding carboxylic acids is 8. The zero-order valence-electron chi connectivity index (χ0n) is 34.1. The van der Waals surface area contributed by atoms with Gasteiger partial charge in [0.15, 0.2) is 11.5 Å². The fourth-order valence-corrected chi connectivity index (χ4v) is 6.78. The van der Waals surface area contributed by atoms with Crippen molar-refractivity contribution in [3.8, 4) is 0 Å². The van der Waals surface area contributed by atoms with Crippen LogP contribution in [0.25, 0.3) is 0 Å². The zero-order chi connectivity index (χ0) is 44.2. The van der Waals surface area contributed by atoms with E-state index in [-0.39, 0.29) is 110 Å². The van der Waals surface area contributed by atoms with E-state index in [2.05, 4.69) is 26.8 Å². The van der Waals surface area contributed by atoms with Gasteiger partial charge in [0, 0.05) is 25.6 Å². The number of alkyl halides is 1. The molecule has 0 radical (unpaired) electrons. The van der Waals surface area contributed by atoms with Gasteiger partial charge >= 0.3 is 30.5 Å². The van der Waals surface area contributed by atoms with Crippen molar-refractivity contribution in [2.24, 2.45) is 0 Å². The summed E-state index contributed by atoms with van der Waals surface area (Å²) in [4.78, 5) is 122. The molecule has 2 aromatic carbocycles. The van der Waals surface area contributed by atoms with Crippen LogP contribution in [0.2, 0.25) is 0 Å². The summed E-state index contributed by atoms with van der Waals surface area (Å²) in [5, 5.41) is 2.13. The van der Waals surface area contributed by atoms with Gasteiger partial charge in [-0.05, 0) is 57.2 Å². The number of nitrogens with zero attached hydrogens (tertiary/aromatic N) is 3. The van der Waals surface area contributed by atoms with Crippen LogP contribution in [0.5, 0.6) is 0 Å². The number of thiol groups is 1. The number of nitrogen functional groups attached to an aromatic ring is 2. The molecule has 2 atom stereocenters. The number of amides is 8. The molecule has 5 N–H and O–H groups in total. The molecule has 8 rings (SSSR count). The summed E-state index contributed by atoms with van der Waals surface area (Å²) in [5.74, 6) is -5.13. The quantitative estimate of drug-likeness (QED) is 0.0618. The van der Waals surface area contributed by atoms with E-state index in [1.165, 1.54) is 31.2 Å². The normalized spacial score (nSPS) is 18.3. The first kappa shape index (κ1) is 45.0. The number of benzene rings is 2. The van der Waals surface area contributed by atoms with E-state index in [1.807, 2.05) is 0 Å². The Morgan fingerprint density at radius 2 is 1.22 bits per heavy atom. The number of likely N-dealkylation sites (tertiary alicyclic amines) is 1. The zero-order valence-corrected chi connectivity index (χ0v) is 33.8. The largest absolute Gasteiger partial charge is 1.00 e. The van der Waals surface area contributed by atoms with Gasteiger partial charge in [-0.3, -0.25) is 58.4 Å². The van der Waals surface area contributed by atoms with Crippen molar-refractivity contribution in [2.45, 2.75) is 64.0 Å². The van der Waals surface area contributed by atoms with Crippen LogP contribution < -0.4 is 47.3 Å². The molecule has 0 saturated carbocycles. The molecule has 4 aliphatic heterocycles. The first-order valence-corrected chi connectivity index (χ1v) is 18.5. The molecule has 4 aliphatic rings. The Balaban J connectivity index is 0.000000262. The Morgan fingerprint density at radius 1 is 0.750 bits per heavy atom. The molecule has 20 nitrogen and oxygen atoms in total. The summed E-state index contributed by atoms with van der Waals surface area (Å²) in [6, 6.07) is 7.00. The van der Waals surface area contributed by atoms with Crippen LogP contribution in [-0.2, 0) is 31.6 Å². The average Bonchev–Trinajstić information content (AvgIpc) is 3.87. The molecular weight excluding hydrogens is 827 g/mol. The summed E-state index contributed by atoms with van der Waals surface area (Å²) in [6.07, 6.45) is 0.379. The predicted molar refractivity (Wildman–Crippen MR) is 207 cm³/mol. The summed E-state index contributed by atoms with van der Waals surface area (Å²) in [5.41, 5.74) is 12.4. The van der Waals surface area contributed by atoms with Crippen LogP contribution >= 0.6 is 24.2 Å². The molecule has 2 fully saturated rings. The molecule has 2 saturated heterocycles. The monoisotopic (exact) mass is 863 g/mol. The van der Waals surface area contributed by atoms with Gasteiger partial charge in [-0.15, -0.1) is 11.6 Å². The smallest absolute Gasteiger partial charge is 1.00 e. The van der Waals surface area contributed by atoms with E-state index in [0.29, 0.717) is 11.5 Å². The maximum atomic E-state index is 12.9. The maximum Gasteiger partial charge on any atom is 1.00 e. The van der Waals surface area contributed by atoms with Crippen molar-refractivity contribution in [2.75, 3.05) is 17.7 Å². The van der Waals surface area contributed by atoms with Crippen LogP contribution in [0.4, 0.5) is 11.4 Å². The van der Waals surface area contributed by atoms with Gasteiger partial charge in [-0.25, -0.2) is 9.59 Å². The minimum absolute atomic E-state index is 0. The molecule has 23 heteroatoms. The average molecular weight is 864 g/mol. The molecule has 6 heterocycles. The fraction of sp³-hybridized carbons (Fsp3) is 0.297. The number of piperidine rings is 2. The first-order valence-electron chi connectivity index (χ1n) is 18.0. The Kier molecular flexibility index (Phi) is 14.4. The van der Waals surface area contributed by atoms with Crippen LogP contribution in [-0.4, -0.2) is 80.3 Å². The third kappa shape index (κ3) is 9.03. The summed E-state index contributed by atoms with van der Waals surface area (Å²) >= 11 is 8.81. The molecular formula is C37H36ClLiN6O14S. The topological polar surface area (TPSA) is 297 Å². The van der Waals surface area contributed by atoms with Gasteiger partial charge in [-0.1, -0.05) is 12.1 Å². The minimum atomic E-state index is -1.15. The Hall–Kier alpha value is -6.14. The van der Waals surface area contributed by atoms with Crippen LogP contribution in [0.3, 0.4) is 0 Å². The van der Waals surface area contributed by atoms with E-state index in [9.17, 15) is 47.9 Å². The van der Waals surface area contributed by atoms with E-state index in [1.54, 1.807) is 19.1 Å². The number of aryl methyl sites for hydroxylation is 2. The molecule has 4 aromatic rings. The van der Waals surface area contributed by atoms with E-state index in [0.717, 1.165) is 14.7 Å². The van der Waals surface area contributed by atoms with Crippen LogP contribution in [0, 0.1) is 13.8 Å². The summed E-state index contributed by atoms with van der Waals surface area (Å²) in [7, 11) is 0. The van der Waals surface area contributed by atoms with E-state index < -0.39 is 71.0 Å². The molecule has 2 unspecified atom stereocenters. The number of anilines is 2. The van der Waals surface area contributed by atoms with Crippen molar-refractivity contribution >= 4 is 82.9 Å². The summed E-state index contributed by atoms with van der Waals surface area (Å²) < 4.78 is 24.7. The van der Waals surface area contributed by atoms with Crippen molar-refractivity contribution in [1.29, 1.82) is 0 Å². The summed E-state index contributed by atoms with van der Waals surface area (Å²) in [6.45, 7) is 2.77. The van der Waals surface area contributed by atoms with Gasteiger partial charge in [0.25, 0.3) is 29.5 Å². The standard InChI is InChI=1S/C18H15N3O7.C13H11N3O4.C5H5ClO3.CH4S.Li.H/c1-8-12(28-18(26)27-8)7-20-13(22)6-5-11(16(20)24)21-15(23)9-3-2-4-10(19)14(9)17(21)25;14-7-3-1-2-6-10(7)13(20)16(12(6)19)8-4-5-9(17)15-11(8)18;1-3-4(2-6)9-5(7)8-3;1-2;;/h2-4,11H,5-7,19H2,1H3;1-3,8H,4-5,14H2,(H,15,17,18);2H2,1H3;2H,1H3;;/q;;;;+1;-1/i;;;1D;;. The number of imide groups is 4. The van der Waals surface area contributed by atoms with Crippen molar-refractivity contribution in [3.05, 3.63) is 103 Å². The molecule has 0 spiro atoms. The third-order valence-electron chi connectivity index (χ3n) is 9.37. The molecule has 312 valence electrons. The van der Waals surface area contributed by atoms with E-state index >= 15 is 0 Å². The number of nitrogens with two attached hydrogens (primary N) is 2.